The molecule has 1 aliphatic rings. The fourth-order valence-corrected chi connectivity index (χ4v) is 2.77. The molecule has 1 aliphatic heterocycles. The number of carbonyl (C=O) groups is 3. The number of carbonyl (C=O) groups excluding carboxylic acids is 3. The quantitative estimate of drug-likeness (QED) is 0.617. The highest BCUT2D eigenvalue weighted by Gasteiger charge is 2.48. The number of alkyl halides is 3. The van der Waals surface area contributed by atoms with Crippen molar-refractivity contribution in [2.24, 2.45) is 11.0 Å². The van der Waals surface area contributed by atoms with Gasteiger partial charge in [-0.1, -0.05) is 18.2 Å². The number of benzene rings is 1. The second kappa shape index (κ2) is 8.19. The smallest absolute Gasteiger partial charge is 0.416 e. The summed E-state index contributed by atoms with van der Waals surface area (Å²) < 4.78 is 50.1. The van der Waals surface area contributed by atoms with Crippen LogP contribution in [0.4, 0.5) is 13.2 Å². The molecule has 1 aromatic carbocycles. The van der Waals surface area contributed by atoms with Crippen molar-refractivity contribution < 1.29 is 37.0 Å². The van der Waals surface area contributed by atoms with E-state index >= 15 is 0 Å². The second-order valence-electron chi connectivity index (χ2n) is 5.49. The van der Waals surface area contributed by atoms with E-state index in [4.69, 9.17) is 9.47 Å². The van der Waals surface area contributed by atoms with E-state index in [1.165, 1.54) is 19.9 Å². The molecule has 0 unspecified atom stereocenters. The van der Waals surface area contributed by atoms with E-state index in [1.54, 1.807) is 0 Å². The van der Waals surface area contributed by atoms with Gasteiger partial charge in [-0.25, -0.2) is 10.2 Å². The number of rotatable bonds is 5. The highest BCUT2D eigenvalue weighted by Crippen LogP contribution is 2.39. The van der Waals surface area contributed by atoms with Crippen LogP contribution >= 0.6 is 0 Å². The lowest BCUT2D eigenvalue weighted by atomic mass is 9.78. The average Bonchev–Trinajstić information content (AvgIpc) is 2.61. The topological polar surface area (TPSA) is 94.1 Å². The van der Waals surface area contributed by atoms with Gasteiger partial charge in [0.2, 0.25) is 0 Å². The number of amides is 1. The summed E-state index contributed by atoms with van der Waals surface area (Å²) in [6.07, 6.45) is -4.77. The molecule has 1 aromatic rings. The minimum Gasteiger partial charge on any atom is -0.465 e. The van der Waals surface area contributed by atoms with Gasteiger partial charge in [-0.3, -0.25) is 9.59 Å². The van der Waals surface area contributed by atoms with Crippen molar-refractivity contribution in [3.8, 4) is 0 Å². The Morgan fingerprint density at radius 2 is 1.78 bits per heavy atom. The van der Waals surface area contributed by atoms with Crippen LogP contribution in [0.3, 0.4) is 0 Å². The SMILES string of the molecule is CCOC(=O)C1=NNC(=O)[C@H](C(=O)OCC)[C@H]1c1ccccc1C(F)(F)F. The van der Waals surface area contributed by atoms with Crippen molar-refractivity contribution in [2.75, 3.05) is 13.2 Å². The van der Waals surface area contributed by atoms with Gasteiger partial charge in [0.25, 0.3) is 5.91 Å². The van der Waals surface area contributed by atoms with Gasteiger partial charge in [0.1, 0.15) is 5.92 Å². The van der Waals surface area contributed by atoms with E-state index in [2.05, 4.69) is 5.10 Å². The van der Waals surface area contributed by atoms with E-state index in [9.17, 15) is 27.6 Å². The monoisotopic (exact) mass is 386 g/mol. The van der Waals surface area contributed by atoms with Gasteiger partial charge in [-0.2, -0.15) is 18.3 Å². The Morgan fingerprint density at radius 3 is 2.37 bits per heavy atom. The molecule has 10 heteroatoms. The third kappa shape index (κ3) is 4.26. The number of nitrogens with one attached hydrogen (secondary N) is 1. The van der Waals surface area contributed by atoms with Gasteiger partial charge in [0.05, 0.1) is 24.7 Å². The van der Waals surface area contributed by atoms with Crippen LogP contribution in [0.5, 0.6) is 0 Å². The molecular formula is C17H17F3N2O5. The maximum Gasteiger partial charge on any atom is 0.416 e. The zero-order valence-corrected chi connectivity index (χ0v) is 14.5. The number of nitrogens with zero attached hydrogens (tertiary/aromatic N) is 1. The molecule has 0 aromatic heterocycles. The molecule has 7 nitrogen and oxygen atoms in total. The number of halogens is 3. The predicted octanol–water partition coefficient (Wildman–Crippen LogP) is 2.02. The molecule has 2 atom stereocenters. The maximum absolute atomic E-state index is 13.5. The van der Waals surface area contributed by atoms with E-state index in [0.29, 0.717) is 0 Å². The van der Waals surface area contributed by atoms with E-state index in [-0.39, 0.29) is 13.2 Å². The largest absolute Gasteiger partial charge is 0.465 e. The Morgan fingerprint density at radius 1 is 1.15 bits per heavy atom. The first kappa shape index (κ1) is 20.4. The van der Waals surface area contributed by atoms with E-state index < -0.39 is 52.7 Å². The molecule has 146 valence electrons. The van der Waals surface area contributed by atoms with Gasteiger partial charge in [0, 0.05) is 0 Å². The molecule has 0 saturated heterocycles. The van der Waals surface area contributed by atoms with Crippen LogP contribution in [0, 0.1) is 5.92 Å². The van der Waals surface area contributed by atoms with Gasteiger partial charge < -0.3 is 9.47 Å². The lowest BCUT2D eigenvalue weighted by molar-refractivity contribution is -0.153. The fraction of sp³-hybridized carbons (Fsp3) is 0.412. The first-order valence-electron chi connectivity index (χ1n) is 8.09. The number of hydrogen-bond acceptors (Lipinski definition) is 6. The van der Waals surface area contributed by atoms with Crippen LogP contribution < -0.4 is 5.43 Å². The van der Waals surface area contributed by atoms with Gasteiger partial charge >= 0.3 is 18.1 Å². The second-order valence-corrected chi connectivity index (χ2v) is 5.49. The molecular weight excluding hydrogens is 369 g/mol. The standard InChI is InChI=1S/C17H17F3N2O5/c1-3-26-15(24)12-11(9-7-5-6-8-10(9)17(18,19)20)13(16(25)27-4-2)21-22-14(12)23/h5-8,11-12H,3-4H2,1-2H3,(H,22,23)/t11-,12-/m1/s1. The number of hydrazone groups is 1. The summed E-state index contributed by atoms with van der Waals surface area (Å²) in [6, 6.07) is 4.36. The van der Waals surface area contributed by atoms with Crippen LogP contribution in [0.15, 0.2) is 29.4 Å². The number of hydrogen-bond donors (Lipinski definition) is 1. The molecule has 0 spiro atoms. The minimum atomic E-state index is -4.77. The Bertz CT molecular complexity index is 776. The predicted molar refractivity (Wildman–Crippen MR) is 86.5 cm³/mol. The summed E-state index contributed by atoms with van der Waals surface area (Å²) in [4.78, 5) is 36.8. The van der Waals surface area contributed by atoms with E-state index in [0.717, 1.165) is 18.2 Å². The molecule has 0 radical (unpaired) electrons. The molecule has 1 heterocycles. The Balaban J connectivity index is 2.67. The molecule has 0 saturated carbocycles. The molecule has 27 heavy (non-hydrogen) atoms. The van der Waals surface area contributed by atoms with Gasteiger partial charge in [0.15, 0.2) is 5.71 Å². The minimum absolute atomic E-state index is 0.0660. The Labute approximate surface area is 152 Å². The van der Waals surface area contributed by atoms with Crippen LogP contribution in [0.25, 0.3) is 0 Å². The summed E-state index contributed by atoms with van der Waals surface area (Å²) in [5.41, 5.74) is -0.0504. The number of ether oxygens (including phenoxy) is 2. The van der Waals surface area contributed by atoms with Crippen molar-refractivity contribution in [2.45, 2.75) is 25.9 Å². The molecule has 2 rings (SSSR count). The first-order chi connectivity index (χ1) is 12.7. The van der Waals surface area contributed by atoms with Crippen LogP contribution in [0.2, 0.25) is 0 Å². The van der Waals surface area contributed by atoms with Crippen molar-refractivity contribution in [3.05, 3.63) is 35.4 Å². The zero-order chi connectivity index (χ0) is 20.2. The molecule has 1 amide bonds. The van der Waals surface area contributed by atoms with Crippen molar-refractivity contribution in [1.29, 1.82) is 0 Å². The highest BCUT2D eigenvalue weighted by atomic mass is 19.4. The molecule has 0 bridgehead atoms. The van der Waals surface area contributed by atoms with Crippen molar-refractivity contribution >= 4 is 23.6 Å². The molecule has 0 fully saturated rings. The third-order valence-electron chi connectivity index (χ3n) is 3.82. The Hall–Kier alpha value is -2.91. The zero-order valence-electron chi connectivity index (χ0n) is 14.5. The fourth-order valence-electron chi connectivity index (χ4n) is 2.77. The molecule has 1 N–H and O–H groups in total. The summed E-state index contributed by atoms with van der Waals surface area (Å²) in [6.45, 7) is 2.82. The summed E-state index contributed by atoms with van der Waals surface area (Å²) >= 11 is 0. The van der Waals surface area contributed by atoms with Crippen LogP contribution in [0.1, 0.15) is 30.9 Å². The normalized spacial score (nSPS) is 19.7. The lowest BCUT2D eigenvalue weighted by Gasteiger charge is -2.30. The summed E-state index contributed by atoms with van der Waals surface area (Å²) in [5.74, 6) is -6.38. The number of esters is 2. The van der Waals surface area contributed by atoms with Crippen molar-refractivity contribution in [3.63, 3.8) is 0 Å². The first-order valence-corrected chi connectivity index (χ1v) is 8.09. The molecule has 0 aliphatic carbocycles. The maximum atomic E-state index is 13.5. The van der Waals surface area contributed by atoms with E-state index in [1.807, 2.05) is 5.43 Å². The average molecular weight is 386 g/mol. The highest BCUT2D eigenvalue weighted by molar-refractivity contribution is 6.40. The third-order valence-corrected chi connectivity index (χ3v) is 3.82. The van der Waals surface area contributed by atoms with Gasteiger partial charge in [-0.05, 0) is 25.5 Å². The van der Waals surface area contributed by atoms with Crippen LogP contribution in [-0.2, 0) is 30.0 Å². The van der Waals surface area contributed by atoms with Crippen molar-refractivity contribution in [1.82, 2.24) is 5.43 Å². The van der Waals surface area contributed by atoms with Crippen LogP contribution in [-0.4, -0.2) is 36.8 Å². The summed E-state index contributed by atoms with van der Waals surface area (Å²) in [5, 5.41) is 3.57. The summed E-state index contributed by atoms with van der Waals surface area (Å²) in [7, 11) is 0. The van der Waals surface area contributed by atoms with Gasteiger partial charge in [-0.15, -0.1) is 0 Å². The lowest BCUT2D eigenvalue weighted by Crippen LogP contribution is -2.48. The Kier molecular flexibility index (Phi) is 6.19.